The number of aliphatic hydroxyl groups is 1. The van der Waals surface area contributed by atoms with Crippen molar-refractivity contribution >= 4 is 12.1 Å². The van der Waals surface area contributed by atoms with E-state index in [-0.39, 0.29) is 16.8 Å². The summed E-state index contributed by atoms with van der Waals surface area (Å²) in [5.41, 5.74) is 0.245. The summed E-state index contributed by atoms with van der Waals surface area (Å²) >= 11 is 0. The Kier molecular flexibility index (Phi) is 8.25. The highest BCUT2D eigenvalue weighted by Gasteiger charge is 2.39. The number of amides is 1. The van der Waals surface area contributed by atoms with Crippen LogP contribution in [0.1, 0.15) is 35.9 Å². The van der Waals surface area contributed by atoms with Crippen molar-refractivity contribution in [1.82, 2.24) is 10.3 Å². The second kappa shape index (κ2) is 10.7. The van der Waals surface area contributed by atoms with Crippen molar-refractivity contribution in [3.8, 4) is 11.3 Å². The van der Waals surface area contributed by atoms with Gasteiger partial charge in [-0.1, -0.05) is 17.7 Å². The summed E-state index contributed by atoms with van der Waals surface area (Å²) < 4.78 is 52.4. The molecule has 0 saturated carbocycles. The summed E-state index contributed by atoms with van der Waals surface area (Å²) in [6.07, 6.45) is -1.27. The highest BCUT2D eigenvalue weighted by atomic mass is 19.4. The van der Waals surface area contributed by atoms with Crippen molar-refractivity contribution in [1.29, 1.82) is 0 Å². The fourth-order valence-electron chi connectivity index (χ4n) is 2.65. The largest absolute Gasteiger partial charge is 0.792 e. The van der Waals surface area contributed by atoms with Gasteiger partial charge in [0.1, 0.15) is 5.82 Å². The van der Waals surface area contributed by atoms with Gasteiger partial charge >= 0.3 is 6.18 Å². The molecule has 1 aromatic carbocycles. The Morgan fingerprint density at radius 3 is 2.56 bits per heavy atom. The number of benzene rings is 1. The average molecular weight is 450 g/mol. The topological polar surface area (TPSA) is 97.6 Å². The number of hydrogen-bond acceptors (Lipinski definition) is 5. The molecule has 0 spiro atoms. The molecular formula is C22H20F4N3O3-. The summed E-state index contributed by atoms with van der Waals surface area (Å²) in [5, 5.41) is 24.9. The molecule has 1 amide bonds. The molecule has 0 aliphatic carbocycles. The van der Waals surface area contributed by atoms with Crippen molar-refractivity contribution in [2.75, 3.05) is 0 Å². The lowest BCUT2D eigenvalue weighted by atomic mass is 9.98. The van der Waals surface area contributed by atoms with Crippen molar-refractivity contribution in [3.63, 3.8) is 0 Å². The normalized spacial score (nSPS) is 14.7. The van der Waals surface area contributed by atoms with E-state index in [4.69, 9.17) is 0 Å². The monoisotopic (exact) mass is 450 g/mol. The third-order valence-electron chi connectivity index (χ3n) is 4.51. The number of nitrogens with zero attached hydrogens (tertiary/aromatic N) is 2. The van der Waals surface area contributed by atoms with Gasteiger partial charge in [0.2, 0.25) is 0 Å². The zero-order valence-electron chi connectivity index (χ0n) is 17.1. The Morgan fingerprint density at radius 1 is 1.25 bits per heavy atom. The van der Waals surface area contributed by atoms with Gasteiger partial charge < -0.3 is 20.8 Å². The number of pyridine rings is 1. The third-order valence-corrected chi connectivity index (χ3v) is 4.51. The van der Waals surface area contributed by atoms with E-state index in [1.54, 1.807) is 19.9 Å². The minimum Gasteiger partial charge on any atom is -0.792 e. The van der Waals surface area contributed by atoms with Crippen LogP contribution in [0.25, 0.3) is 11.3 Å². The van der Waals surface area contributed by atoms with Gasteiger partial charge in [-0.2, -0.15) is 13.2 Å². The predicted octanol–water partition coefficient (Wildman–Crippen LogP) is 4.67. The van der Waals surface area contributed by atoms with Gasteiger partial charge in [0.25, 0.3) is 5.91 Å². The first kappa shape index (κ1) is 24.7. The molecule has 0 bridgehead atoms. The fourth-order valence-corrected chi connectivity index (χ4v) is 2.65. The molecular weight excluding hydrogens is 430 g/mol. The molecule has 2 N–H and O–H groups in total. The van der Waals surface area contributed by atoms with E-state index in [9.17, 15) is 32.7 Å². The molecule has 170 valence electrons. The second-order valence-corrected chi connectivity index (χ2v) is 6.89. The summed E-state index contributed by atoms with van der Waals surface area (Å²) in [6.45, 7) is 3.37. The van der Waals surface area contributed by atoms with Gasteiger partial charge in [-0.05, 0) is 55.8 Å². The van der Waals surface area contributed by atoms with E-state index < -0.39 is 35.6 Å². The maximum atomic E-state index is 13.2. The Hall–Kier alpha value is -3.53. The van der Waals surface area contributed by atoms with Crippen LogP contribution >= 0.6 is 0 Å². The van der Waals surface area contributed by atoms with E-state index in [1.807, 2.05) is 0 Å². The van der Waals surface area contributed by atoms with Crippen LogP contribution in [-0.4, -0.2) is 34.4 Å². The van der Waals surface area contributed by atoms with Crippen LogP contribution in [0.3, 0.4) is 0 Å². The summed E-state index contributed by atoms with van der Waals surface area (Å²) in [5.74, 6) is -1.32. The molecule has 10 heteroatoms. The minimum absolute atomic E-state index is 0.107. The summed E-state index contributed by atoms with van der Waals surface area (Å²) in [4.78, 5) is 16.6. The van der Waals surface area contributed by atoms with E-state index >= 15 is 0 Å². The maximum Gasteiger partial charge on any atom is 0.418 e. The molecule has 2 atom stereocenters. The molecule has 6 nitrogen and oxygen atoms in total. The Morgan fingerprint density at radius 2 is 1.97 bits per heavy atom. The van der Waals surface area contributed by atoms with Crippen LogP contribution in [0.15, 0.2) is 65.5 Å². The first-order valence-electron chi connectivity index (χ1n) is 9.34. The molecule has 32 heavy (non-hydrogen) atoms. The standard InChI is InChI=1S/C22H21F4N3O3/c1-13(5-3-4-8-28-32)14(2)29-21(31)17-10-15(19-7-6-18(23)12-27-19)9-16(11-17)20(30)22(24,25)26/h3-12,14,20,30,32H,1-2H3,(H,29,31)/p-1/b4-3-,13-5+,28-8+. The number of aliphatic hydroxyl groups excluding tert-OH is 1. The lowest BCUT2D eigenvalue weighted by Crippen LogP contribution is -2.33. The number of hydrogen-bond donors (Lipinski definition) is 2. The Balaban J connectivity index is 2.39. The Bertz CT molecular complexity index is 1030. The molecule has 0 aliphatic rings. The van der Waals surface area contributed by atoms with E-state index in [1.165, 1.54) is 24.3 Å². The highest BCUT2D eigenvalue weighted by molar-refractivity contribution is 5.96. The van der Waals surface area contributed by atoms with Gasteiger partial charge in [0.15, 0.2) is 6.10 Å². The number of aromatic nitrogens is 1. The average Bonchev–Trinajstić information content (AvgIpc) is 2.75. The second-order valence-electron chi connectivity index (χ2n) is 6.89. The Labute approximate surface area is 181 Å². The van der Waals surface area contributed by atoms with Crippen molar-refractivity contribution < 1.29 is 27.5 Å². The third kappa shape index (κ3) is 6.74. The lowest BCUT2D eigenvalue weighted by molar-refractivity contribution is -0.206. The molecule has 0 fully saturated rings. The lowest BCUT2D eigenvalue weighted by Gasteiger charge is -2.19. The highest BCUT2D eigenvalue weighted by Crippen LogP contribution is 2.34. The van der Waals surface area contributed by atoms with E-state index in [0.29, 0.717) is 5.57 Å². The van der Waals surface area contributed by atoms with Gasteiger partial charge in [0, 0.05) is 23.4 Å². The molecule has 0 radical (unpaired) electrons. The molecule has 1 aromatic heterocycles. The molecule has 1 heterocycles. The van der Waals surface area contributed by atoms with Crippen LogP contribution < -0.4 is 5.32 Å². The zero-order valence-corrected chi connectivity index (χ0v) is 17.1. The quantitative estimate of drug-likeness (QED) is 0.277. The molecule has 2 rings (SSSR count). The molecule has 2 unspecified atom stereocenters. The number of allylic oxidation sites excluding steroid dienone is 3. The number of nitrogens with one attached hydrogen (secondary N) is 1. The SMILES string of the molecule is C\C(=C/C=C\C=N\[O-])C(C)NC(=O)c1cc(-c2ccc(F)cn2)cc(C(O)C(F)(F)F)c1. The van der Waals surface area contributed by atoms with Crippen LogP contribution in [-0.2, 0) is 0 Å². The smallest absolute Gasteiger partial charge is 0.418 e. The van der Waals surface area contributed by atoms with Gasteiger partial charge in [-0.3, -0.25) is 9.78 Å². The molecule has 2 aromatic rings. The minimum atomic E-state index is -4.95. The number of halogens is 4. The molecule has 0 aliphatic heterocycles. The van der Waals surface area contributed by atoms with Gasteiger partial charge in [-0.25, -0.2) is 4.39 Å². The van der Waals surface area contributed by atoms with Crippen molar-refractivity contribution in [3.05, 3.63) is 82.5 Å². The fraction of sp³-hybridized carbons (Fsp3) is 0.227. The van der Waals surface area contributed by atoms with Crippen molar-refractivity contribution in [2.45, 2.75) is 32.2 Å². The molecule has 0 saturated heterocycles. The van der Waals surface area contributed by atoms with Crippen molar-refractivity contribution in [2.24, 2.45) is 5.16 Å². The van der Waals surface area contributed by atoms with Crippen LogP contribution in [0.2, 0.25) is 0 Å². The summed E-state index contributed by atoms with van der Waals surface area (Å²) in [7, 11) is 0. The van der Waals surface area contributed by atoms with Crippen LogP contribution in [0, 0.1) is 11.0 Å². The van der Waals surface area contributed by atoms with Crippen LogP contribution in [0.4, 0.5) is 17.6 Å². The van der Waals surface area contributed by atoms with Gasteiger partial charge in [-0.15, -0.1) is 0 Å². The predicted molar refractivity (Wildman–Crippen MR) is 112 cm³/mol. The van der Waals surface area contributed by atoms with E-state index in [2.05, 4.69) is 15.5 Å². The number of rotatable bonds is 7. The summed E-state index contributed by atoms with van der Waals surface area (Å²) in [6, 6.07) is 5.13. The number of alkyl halides is 3. The first-order valence-corrected chi connectivity index (χ1v) is 9.34. The maximum absolute atomic E-state index is 13.2. The number of carbonyl (C=O) groups excluding carboxylic acids is 1. The first-order chi connectivity index (χ1) is 15.0. The number of carbonyl (C=O) groups is 1. The van der Waals surface area contributed by atoms with Gasteiger partial charge in [0.05, 0.1) is 11.9 Å². The zero-order chi connectivity index (χ0) is 23.9. The van der Waals surface area contributed by atoms with Crippen LogP contribution in [0.5, 0.6) is 0 Å². The van der Waals surface area contributed by atoms with E-state index in [0.717, 1.165) is 30.6 Å².